The van der Waals surface area contributed by atoms with E-state index in [2.05, 4.69) is 10.6 Å². The maximum atomic E-state index is 12.2. The van der Waals surface area contributed by atoms with Crippen molar-refractivity contribution in [3.8, 4) is 11.1 Å². The third kappa shape index (κ3) is 5.11. The van der Waals surface area contributed by atoms with E-state index in [1.807, 2.05) is 12.1 Å². The molecule has 0 bridgehead atoms. The quantitative estimate of drug-likeness (QED) is 0.292. The lowest BCUT2D eigenvalue weighted by Crippen LogP contribution is -2.50. The monoisotopic (exact) mass is 371 g/mol. The number of hydrogen-bond donors (Lipinski definition) is 6. The number of carbonyl (C=O) groups excluding carboxylic acids is 3. The molecule has 9 nitrogen and oxygen atoms in total. The fraction of sp³-hybridized carbons (Fsp3) is 0.167. The van der Waals surface area contributed by atoms with Crippen LogP contribution in [0, 0.1) is 0 Å². The summed E-state index contributed by atoms with van der Waals surface area (Å²) in [4.78, 5) is 35.2. The first-order chi connectivity index (χ1) is 13.0. The topological polar surface area (TPSA) is 160 Å². The van der Waals surface area contributed by atoms with Gasteiger partial charge in [0.15, 0.2) is 0 Å². The van der Waals surface area contributed by atoms with Crippen molar-refractivity contribution in [2.75, 3.05) is 18.4 Å². The van der Waals surface area contributed by atoms with Gasteiger partial charge < -0.3 is 22.1 Å². The van der Waals surface area contributed by atoms with E-state index in [1.165, 1.54) is 5.48 Å². The number of hydroxylamine groups is 1. The average Bonchev–Trinajstić information content (AvgIpc) is 2.71. The molecule has 27 heavy (non-hydrogen) atoms. The Morgan fingerprint density at radius 3 is 2.26 bits per heavy atom. The number of anilines is 1. The molecule has 142 valence electrons. The molecule has 0 aromatic heterocycles. The van der Waals surface area contributed by atoms with E-state index in [0.29, 0.717) is 11.3 Å². The Morgan fingerprint density at radius 2 is 1.67 bits per heavy atom. The Kier molecular flexibility index (Phi) is 7.00. The lowest BCUT2D eigenvalue weighted by Gasteiger charge is -2.15. The smallest absolute Gasteiger partial charge is 0.267 e. The molecule has 0 heterocycles. The molecule has 2 aromatic rings. The van der Waals surface area contributed by atoms with E-state index in [4.69, 9.17) is 16.7 Å². The van der Waals surface area contributed by atoms with Crippen LogP contribution in [0.1, 0.15) is 10.4 Å². The number of benzene rings is 2. The maximum Gasteiger partial charge on any atom is 0.267 e. The van der Waals surface area contributed by atoms with Crippen LogP contribution in [0.2, 0.25) is 0 Å². The van der Waals surface area contributed by atoms with Gasteiger partial charge in [-0.25, -0.2) is 5.48 Å². The summed E-state index contributed by atoms with van der Waals surface area (Å²) >= 11 is 0. The van der Waals surface area contributed by atoms with Crippen molar-refractivity contribution in [2.24, 2.45) is 11.5 Å². The van der Waals surface area contributed by atoms with Gasteiger partial charge in [-0.3, -0.25) is 19.6 Å². The first-order valence-electron chi connectivity index (χ1n) is 8.14. The van der Waals surface area contributed by atoms with Crippen LogP contribution in [0.5, 0.6) is 0 Å². The first kappa shape index (κ1) is 20.0. The van der Waals surface area contributed by atoms with Crippen LogP contribution in [0.4, 0.5) is 5.69 Å². The minimum absolute atomic E-state index is 0.128. The van der Waals surface area contributed by atoms with E-state index in [1.54, 1.807) is 36.4 Å². The summed E-state index contributed by atoms with van der Waals surface area (Å²) in [6.07, 6.45) is 0. The van der Waals surface area contributed by atoms with Crippen LogP contribution in [-0.4, -0.2) is 42.1 Å². The normalized spacial score (nSPS) is 11.4. The molecule has 0 saturated carbocycles. The van der Waals surface area contributed by atoms with E-state index in [9.17, 15) is 14.4 Å². The zero-order chi connectivity index (χ0) is 19.8. The molecule has 8 N–H and O–H groups in total. The molecule has 0 radical (unpaired) electrons. The van der Waals surface area contributed by atoms with Crippen LogP contribution < -0.4 is 27.6 Å². The highest BCUT2D eigenvalue weighted by atomic mass is 16.5. The van der Waals surface area contributed by atoms with Gasteiger partial charge in [0.1, 0.15) is 6.04 Å². The molecule has 2 aromatic carbocycles. The molecule has 1 atom stereocenters. The summed E-state index contributed by atoms with van der Waals surface area (Å²) in [6, 6.07) is 12.7. The highest BCUT2D eigenvalue weighted by Gasteiger charge is 2.19. The Hall–Kier alpha value is -3.27. The zero-order valence-corrected chi connectivity index (χ0v) is 14.4. The van der Waals surface area contributed by atoms with Crippen molar-refractivity contribution in [1.29, 1.82) is 0 Å². The van der Waals surface area contributed by atoms with Crippen molar-refractivity contribution in [1.82, 2.24) is 10.8 Å². The van der Waals surface area contributed by atoms with Crippen LogP contribution in [0.15, 0.2) is 48.5 Å². The number of nitrogens with one attached hydrogen (secondary N) is 3. The second-order valence-electron chi connectivity index (χ2n) is 5.61. The molecule has 0 aliphatic rings. The van der Waals surface area contributed by atoms with Crippen LogP contribution >= 0.6 is 0 Å². The number of nitrogens with two attached hydrogens (primary N) is 2. The third-order valence-electron chi connectivity index (χ3n) is 3.81. The van der Waals surface area contributed by atoms with Gasteiger partial charge in [0, 0.05) is 23.4 Å². The number of carbonyl (C=O) groups is 3. The largest absolute Gasteiger partial charge is 0.339 e. The standard InChI is InChI=1S/C18H21N5O4/c19-9-15(18(26)23-27)22-17(25)12-7-5-11(6-8-12)13-3-1-2-4-14(13)21-16(24)10-20/h1-8,15,27H,9-10,19-20H2,(H,21,24)(H,22,25)(H,23,26)/t15-/m0/s1. The van der Waals surface area contributed by atoms with E-state index in [0.717, 1.165) is 11.1 Å². The highest BCUT2D eigenvalue weighted by molar-refractivity contribution is 5.99. The fourth-order valence-electron chi connectivity index (χ4n) is 2.40. The fourth-order valence-corrected chi connectivity index (χ4v) is 2.40. The van der Waals surface area contributed by atoms with E-state index in [-0.39, 0.29) is 19.0 Å². The predicted octanol–water partition coefficient (Wildman–Crippen LogP) is -0.187. The Balaban J connectivity index is 2.19. The van der Waals surface area contributed by atoms with Crippen molar-refractivity contribution >= 4 is 23.4 Å². The summed E-state index contributed by atoms with van der Waals surface area (Å²) < 4.78 is 0. The molecule has 3 amide bonds. The predicted molar refractivity (Wildman–Crippen MR) is 99.8 cm³/mol. The van der Waals surface area contributed by atoms with Gasteiger partial charge >= 0.3 is 0 Å². The van der Waals surface area contributed by atoms with Gasteiger partial charge in [-0.05, 0) is 23.8 Å². The van der Waals surface area contributed by atoms with Crippen molar-refractivity contribution in [3.05, 3.63) is 54.1 Å². The lowest BCUT2D eigenvalue weighted by atomic mass is 10.0. The number of para-hydroxylation sites is 1. The molecular weight excluding hydrogens is 350 g/mol. The van der Waals surface area contributed by atoms with Gasteiger partial charge in [0.25, 0.3) is 11.8 Å². The molecule has 2 rings (SSSR count). The van der Waals surface area contributed by atoms with Crippen molar-refractivity contribution in [3.63, 3.8) is 0 Å². The first-order valence-corrected chi connectivity index (χ1v) is 8.14. The summed E-state index contributed by atoms with van der Waals surface area (Å²) in [5.41, 5.74) is 14.7. The molecule has 0 unspecified atom stereocenters. The Bertz CT molecular complexity index is 823. The molecule has 0 aliphatic heterocycles. The summed E-state index contributed by atoms with van der Waals surface area (Å²) in [5.74, 6) is -1.62. The molecule has 0 saturated heterocycles. The second-order valence-corrected chi connectivity index (χ2v) is 5.61. The van der Waals surface area contributed by atoms with Crippen LogP contribution in [0.3, 0.4) is 0 Å². The summed E-state index contributed by atoms with van der Waals surface area (Å²) in [7, 11) is 0. The molecule has 0 fully saturated rings. The van der Waals surface area contributed by atoms with Crippen LogP contribution in [0.25, 0.3) is 11.1 Å². The number of hydrogen-bond acceptors (Lipinski definition) is 6. The minimum Gasteiger partial charge on any atom is -0.339 e. The van der Waals surface area contributed by atoms with E-state index >= 15 is 0 Å². The van der Waals surface area contributed by atoms with Gasteiger partial charge in [-0.2, -0.15) is 0 Å². The molecule has 0 aliphatic carbocycles. The Labute approximate surface area is 155 Å². The molecule has 9 heteroatoms. The maximum absolute atomic E-state index is 12.2. The highest BCUT2D eigenvalue weighted by Crippen LogP contribution is 2.28. The van der Waals surface area contributed by atoms with Crippen molar-refractivity contribution in [2.45, 2.75) is 6.04 Å². The van der Waals surface area contributed by atoms with E-state index < -0.39 is 17.9 Å². The Morgan fingerprint density at radius 1 is 1.00 bits per heavy atom. The molecule has 0 spiro atoms. The van der Waals surface area contributed by atoms with Crippen LogP contribution in [-0.2, 0) is 9.59 Å². The third-order valence-corrected chi connectivity index (χ3v) is 3.81. The minimum atomic E-state index is -1.05. The van der Waals surface area contributed by atoms with Gasteiger partial charge in [0.2, 0.25) is 5.91 Å². The van der Waals surface area contributed by atoms with Gasteiger partial charge in [0.05, 0.1) is 6.54 Å². The zero-order valence-electron chi connectivity index (χ0n) is 14.4. The lowest BCUT2D eigenvalue weighted by molar-refractivity contribution is -0.130. The number of amides is 3. The van der Waals surface area contributed by atoms with Crippen molar-refractivity contribution < 1.29 is 19.6 Å². The second kappa shape index (κ2) is 9.43. The molecular formula is C18H21N5O4. The van der Waals surface area contributed by atoms with Gasteiger partial charge in [-0.1, -0.05) is 30.3 Å². The average molecular weight is 371 g/mol. The summed E-state index contributed by atoms with van der Waals surface area (Å²) in [5, 5.41) is 13.8. The summed E-state index contributed by atoms with van der Waals surface area (Å²) in [6.45, 7) is -0.290. The SMILES string of the molecule is NCC(=O)Nc1ccccc1-c1ccc(C(=O)N[C@@H](CN)C(=O)NO)cc1. The van der Waals surface area contributed by atoms with Gasteiger partial charge in [-0.15, -0.1) is 0 Å². The number of rotatable bonds is 7.